The standard InChI is InChI=1S/C30H34N2O6.Na/c1-20-17-25(36-16-6-15-30(3,4)35)13-14-26(20)27-8-5-7-23(21(27)2)19-37-24-11-9-22(10-12-24)18-32-28(33)31-29(34)38-32;/h5,7-14,17,35H,6,15-16,18-19H2,1-4H3,(H,31,33,34);/q;+1/p-1. The fourth-order valence-corrected chi connectivity index (χ4v) is 4.26. The smallest absolute Gasteiger partial charge is 0.494 e. The second kappa shape index (κ2) is 13.3. The molecular weight excluding hydrogens is 507 g/mol. The largest absolute Gasteiger partial charge is 1.00 e. The van der Waals surface area contributed by atoms with Gasteiger partial charge >= 0.3 is 35.3 Å². The molecule has 0 atom stereocenters. The molecule has 0 saturated carbocycles. The molecule has 39 heavy (non-hydrogen) atoms. The fraction of sp³-hybridized carbons (Fsp3) is 0.333. The molecule has 0 aliphatic carbocycles. The number of ether oxygens (including phenoxy) is 2. The van der Waals surface area contributed by atoms with Crippen LogP contribution >= 0.6 is 0 Å². The summed E-state index contributed by atoms with van der Waals surface area (Å²) in [4.78, 5) is 25.9. The van der Waals surface area contributed by atoms with Gasteiger partial charge in [-0.15, -0.1) is 0 Å². The van der Waals surface area contributed by atoms with Crippen LogP contribution in [0.15, 0.2) is 74.8 Å². The summed E-state index contributed by atoms with van der Waals surface area (Å²) in [5.74, 6) is 0.616. The maximum atomic E-state index is 11.6. The molecule has 4 rings (SSSR count). The van der Waals surface area contributed by atoms with Gasteiger partial charge in [0.2, 0.25) is 0 Å². The van der Waals surface area contributed by atoms with E-state index < -0.39 is 17.0 Å². The monoisotopic (exact) mass is 540 g/mol. The molecule has 0 unspecified atom stereocenters. The van der Waals surface area contributed by atoms with Crippen LogP contribution in [0, 0.1) is 13.8 Å². The second-order valence-corrected chi connectivity index (χ2v) is 10.1. The van der Waals surface area contributed by atoms with Gasteiger partial charge in [0.25, 0.3) is 0 Å². The van der Waals surface area contributed by atoms with Gasteiger partial charge in [-0.2, -0.15) is 0 Å². The average Bonchev–Trinajstić information content (AvgIpc) is 3.18. The average molecular weight is 541 g/mol. The first-order chi connectivity index (χ1) is 18.1. The first kappa shape index (κ1) is 30.5. The minimum atomic E-state index is -0.898. The minimum Gasteiger partial charge on any atom is -0.494 e. The van der Waals surface area contributed by atoms with Crippen LogP contribution < -0.4 is 55.5 Å². The number of hydrogen-bond donors (Lipinski definition) is 1. The van der Waals surface area contributed by atoms with Gasteiger partial charge in [-0.1, -0.05) is 36.4 Å². The number of hydrogen-bond acceptors (Lipinski definition) is 6. The normalized spacial score (nSPS) is 11.2. The Kier molecular flexibility index (Phi) is 10.4. The zero-order valence-corrected chi connectivity index (χ0v) is 25.2. The van der Waals surface area contributed by atoms with Crippen molar-refractivity contribution in [2.75, 3.05) is 6.61 Å². The van der Waals surface area contributed by atoms with Gasteiger partial charge in [-0.25, -0.2) is 4.79 Å². The third kappa shape index (κ3) is 8.47. The Hall–Kier alpha value is -3.04. The van der Waals surface area contributed by atoms with Crippen molar-refractivity contribution in [3.05, 3.63) is 104 Å². The number of aromatic nitrogens is 2. The van der Waals surface area contributed by atoms with Crippen molar-refractivity contribution in [2.24, 2.45) is 0 Å². The van der Waals surface area contributed by atoms with Gasteiger partial charge in [0, 0.05) is 6.54 Å². The molecule has 3 aromatic carbocycles. The van der Waals surface area contributed by atoms with Crippen LogP contribution in [-0.2, 0) is 13.2 Å². The molecule has 9 heteroatoms. The van der Waals surface area contributed by atoms with E-state index in [0.29, 0.717) is 25.4 Å². The number of nitrogens with zero attached hydrogens (tertiary/aromatic N) is 2. The summed E-state index contributed by atoms with van der Waals surface area (Å²) < 4.78 is 17.6. The summed E-state index contributed by atoms with van der Waals surface area (Å²) in [6.07, 6.45) is 1.48. The molecule has 0 spiro atoms. The van der Waals surface area contributed by atoms with Crippen LogP contribution in [0.3, 0.4) is 0 Å². The summed E-state index contributed by atoms with van der Waals surface area (Å²) in [5, 5.41) is 9.85. The quantitative estimate of drug-likeness (QED) is 0.228. The number of aliphatic hydroxyl groups is 1. The second-order valence-electron chi connectivity index (χ2n) is 10.1. The molecule has 0 aliphatic rings. The zero-order chi connectivity index (χ0) is 27.3. The molecule has 0 radical (unpaired) electrons. The molecule has 1 N–H and O–H groups in total. The van der Waals surface area contributed by atoms with Crippen LogP contribution in [0.1, 0.15) is 48.9 Å². The van der Waals surface area contributed by atoms with Crippen LogP contribution in [0.25, 0.3) is 11.1 Å². The molecule has 8 nitrogen and oxygen atoms in total. The third-order valence-electron chi connectivity index (χ3n) is 6.37. The van der Waals surface area contributed by atoms with Crippen LogP contribution in [0.4, 0.5) is 0 Å². The topological polar surface area (TPSA) is 105 Å². The first-order valence-electron chi connectivity index (χ1n) is 12.6. The molecule has 0 bridgehead atoms. The summed E-state index contributed by atoms with van der Waals surface area (Å²) >= 11 is 0. The Morgan fingerprint density at radius 3 is 2.31 bits per heavy atom. The van der Waals surface area contributed by atoms with E-state index in [0.717, 1.165) is 50.3 Å². The molecule has 0 amide bonds. The maximum Gasteiger partial charge on any atom is 1.00 e. The van der Waals surface area contributed by atoms with E-state index in [1.165, 1.54) is 0 Å². The number of benzene rings is 3. The number of aryl methyl sites for hydroxylation is 1. The van der Waals surface area contributed by atoms with E-state index >= 15 is 0 Å². The van der Waals surface area contributed by atoms with Crippen LogP contribution in [-0.4, -0.2) is 22.1 Å². The van der Waals surface area contributed by atoms with Crippen molar-refractivity contribution in [3.8, 4) is 22.6 Å². The van der Waals surface area contributed by atoms with Crippen molar-refractivity contribution in [2.45, 2.75) is 59.3 Å². The number of rotatable bonds is 11. The molecular formula is C30H33N2NaO6. The van der Waals surface area contributed by atoms with Crippen molar-refractivity contribution in [1.82, 2.24) is 9.72 Å². The Labute approximate surface area is 249 Å². The predicted molar refractivity (Wildman–Crippen MR) is 145 cm³/mol. The van der Waals surface area contributed by atoms with E-state index in [-0.39, 0.29) is 36.1 Å². The summed E-state index contributed by atoms with van der Waals surface area (Å²) in [6.45, 7) is 8.88. The Bertz CT molecular complexity index is 1500. The Balaban J connectivity index is 0.00000420. The van der Waals surface area contributed by atoms with Gasteiger partial charge in [-0.3, -0.25) is 9.53 Å². The van der Waals surface area contributed by atoms with Gasteiger partial charge in [0.05, 0.1) is 12.2 Å². The van der Waals surface area contributed by atoms with Crippen molar-refractivity contribution in [3.63, 3.8) is 0 Å². The van der Waals surface area contributed by atoms with E-state index in [9.17, 15) is 14.7 Å². The zero-order valence-electron chi connectivity index (χ0n) is 23.2. The Morgan fingerprint density at radius 1 is 0.949 bits per heavy atom. The fourth-order valence-electron chi connectivity index (χ4n) is 4.26. The Morgan fingerprint density at radius 2 is 1.67 bits per heavy atom. The third-order valence-corrected chi connectivity index (χ3v) is 6.37. The van der Waals surface area contributed by atoms with Crippen molar-refractivity contribution < 1.29 is 48.7 Å². The molecule has 0 aliphatic heterocycles. The van der Waals surface area contributed by atoms with Crippen molar-refractivity contribution in [1.29, 1.82) is 0 Å². The summed E-state index contributed by atoms with van der Waals surface area (Å²) in [5.41, 5.74) is 5.03. The molecule has 0 fully saturated rings. The molecule has 200 valence electrons. The minimum absolute atomic E-state index is 0. The summed E-state index contributed by atoms with van der Waals surface area (Å²) in [7, 11) is 0. The van der Waals surface area contributed by atoms with Gasteiger partial charge in [0.15, 0.2) is 5.69 Å². The van der Waals surface area contributed by atoms with Crippen molar-refractivity contribution >= 4 is 0 Å². The van der Waals surface area contributed by atoms with Gasteiger partial charge in [0.1, 0.15) is 18.1 Å². The van der Waals surface area contributed by atoms with Gasteiger partial charge in [-0.05, 0) is 98.2 Å². The predicted octanol–water partition coefficient (Wildman–Crippen LogP) is 1.60. The van der Waals surface area contributed by atoms with Crippen LogP contribution in [0.2, 0.25) is 0 Å². The summed E-state index contributed by atoms with van der Waals surface area (Å²) in [6, 6.07) is 19.6. The molecule has 1 aromatic heterocycles. The molecule has 0 saturated heterocycles. The van der Waals surface area contributed by atoms with Gasteiger partial charge < -0.3 is 24.1 Å². The van der Waals surface area contributed by atoms with E-state index in [2.05, 4.69) is 37.0 Å². The molecule has 4 aromatic rings. The molecule has 1 heterocycles. The van der Waals surface area contributed by atoms with E-state index in [4.69, 9.17) is 14.0 Å². The van der Waals surface area contributed by atoms with E-state index in [1.807, 2.05) is 56.3 Å². The van der Waals surface area contributed by atoms with E-state index in [1.54, 1.807) is 0 Å². The van der Waals surface area contributed by atoms with Crippen LogP contribution in [0.5, 0.6) is 11.5 Å². The first-order valence-corrected chi connectivity index (χ1v) is 12.6. The maximum absolute atomic E-state index is 11.6. The SMILES string of the molecule is Cc1cc(OCCCC(C)(C)O)ccc1-c1cccc(COc2ccc(Cn3oc(=O)[n-]c3=O)cc2)c1C.[Na+].